The minimum Gasteiger partial charge on any atom is -0.322 e. The second kappa shape index (κ2) is 6.82. The molecule has 22 heavy (non-hydrogen) atoms. The molecule has 0 aliphatic heterocycles. The normalized spacial score (nSPS) is 10.1. The summed E-state index contributed by atoms with van der Waals surface area (Å²) in [7, 11) is 0. The molecule has 0 atom stereocenters. The lowest BCUT2D eigenvalue weighted by Gasteiger charge is -2.12. The predicted molar refractivity (Wildman–Crippen MR) is 81.8 cm³/mol. The van der Waals surface area contributed by atoms with Gasteiger partial charge in [0.25, 0.3) is 11.8 Å². The molecule has 0 aliphatic rings. The number of aryl methyl sites for hydroxylation is 1. The Bertz CT molecular complexity index is 716. The van der Waals surface area contributed by atoms with Gasteiger partial charge in [-0.2, -0.15) is 0 Å². The van der Waals surface area contributed by atoms with Gasteiger partial charge in [0.2, 0.25) is 0 Å². The van der Waals surface area contributed by atoms with Gasteiger partial charge in [-0.05, 0) is 42.3 Å². The average Bonchev–Trinajstić information content (AvgIpc) is 2.54. The maximum absolute atomic E-state index is 13.6. The molecule has 2 rings (SSSR count). The Morgan fingerprint density at radius 3 is 2.50 bits per heavy atom. The Balaban J connectivity index is 2.28. The zero-order valence-electron chi connectivity index (χ0n) is 12.0. The first-order valence-electron chi connectivity index (χ1n) is 6.76. The second-order valence-corrected chi connectivity index (χ2v) is 4.63. The van der Waals surface area contributed by atoms with E-state index >= 15 is 0 Å². The standard InChI is InChI=1S/C16H16FN3O2/c1-2-10-9-11(15(21)20-18)7-8-14(10)19-16(22)12-5-3-4-6-13(12)17/h3-9H,2,18H2,1H3,(H,19,22)(H,20,21). The predicted octanol–water partition coefficient (Wildman–Crippen LogP) is 2.24. The summed E-state index contributed by atoms with van der Waals surface area (Å²) >= 11 is 0. The minimum atomic E-state index is -0.586. The number of anilines is 1. The molecule has 2 aromatic rings. The number of amides is 2. The monoisotopic (exact) mass is 301 g/mol. The molecular weight excluding hydrogens is 285 g/mol. The number of halogens is 1. The van der Waals surface area contributed by atoms with Gasteiger partial charge in [-0.3, -0.25) is 15.0 Å². The van der Waals surface area contributed by atoms with Crippen LogP contribution in [0.5, 0.6) is 0 Å². The van der Waals surface area contributed by atoms with Crippen molar-refractivity contribution in [1.82, 2.24) is 5.43 Å². The number of nitrogen functional groups attached to an aromatic ring is 1. The van der Waals surface area contributed by atoms with E-state index in [1.54, 1.807) is 18.2 Å². The molecule has 2 amide bonds. The molecule has 5 nitrogen and oxygen atoms in total. The van der Waals surface area contributed by atoms with Crippen molar-refractivity contribution in [3.8, 4) is 0 Å². The number of carbonyl (C=O) groups is 2. The van der Waals surface area contributed by atoms with Crippen molar-refractivity contribution in [2.45, 2.75) is 13.3 Å². The van der Waals surface area contributed by atoms with Crippen LogP contribution in [0.15, 0.2) is 42.5 Å². The van der Waals surface area contributed by atoms with Gasteiger partial charge in [-0.1, -0.05) is 19.1 Å². The number of hydrogen-bond acceptors (Lipinski definition) is 3. The fourth-order valence-electron chi connectivity index (χ4n) is 2.07. The third-order valence-corrected chi connectivity index (χ3v) is 3.25. The van der Waals surface area contributed by atoms with Crippen molar-refractivity contribution in [2.24, 2.45) is 5.84 Å². The quantitative estimate of drug-likeness (QED) is 0.460. The molecule has 0 aliphatic carbocycles. The second-order valence-electron chi connectivity index (χ2n) is 4.63. The van der Waals surface area contributed by atoms with Crippen molar-refractivity contribution >= 4 is 17.5 Å². The summed E-state index contributed by atoms with van der Waals surface area (Å²) < 4.78 is 13.6. The zero-order chi connectivity index (χ0) is 16.1. The van der Waals surface area contributed by atoms with Gasteiger partial charge in [-0.25, -0.2) is 10.2 Å². The number of hydrazine groups is 1. The summed E-state index contributed by atoms with van der Waals surface area (Å²) in [4.78, 5) is 23.6. The number of carbonyl (C=O) groups excluding carboxylic acids is 2. The van der Waals surface area contributed by atoms with E-state index in [1.807, 2.05) is 6.92 Å². The van der Waals surface area contributed by atoms with Crippen LogP contribution >= 0.6 is 0 Å². The van der Waals surface area contributed by atoms with Gasteiger partial charge in [0.1, 0.15) is 5.82 Å². The van der Waals surface area contributed by atoms with Crippen LogP contribution in [-0.2, 0) is 6.42 Å². The summed E-state index contributed by atoms with van der Waals surface area (Å²) in [5, 5.41) is 2.66. The first kappa shape index (κ1) is 15.7. The SMILES string of the molecule is CCc1cc(C(=O)NN)ccc1NC(=O)c1ccccc1F. The molecule has 4 N–H and O–H groups in total. The Morgan fingerprint density at radius 1 is 1.14 bits per heavy atom. The fraction of sp³-hybridized carbons (Fsp3) is 0.125. The highest BCUT2D eigenvalue weighted by molar-refractivity contribution is 6.05. The van der Waals surface area contributed by atoms with Crippen LogP contribution in [0.25, 0.3) is 0 Å². The van der Waals surface area contributed by atoms with E-state index < -0.39 is 17.6 Å². The van der Waals surface area contributed by atoms with E-state index in [4.69, 9.17) is 5.84 Å². The number of nitrogens with one attached hydrogen (secondary N) is 2. The van der Waals surface area contributed by atoms with E-state index in [1.165, 1.54) is 24.3 Å². The lowest BCUT2D eigenvalue weighted by Crippen LogP contribution is -2.30. The van der Waals surface area contributed by atoms with E-state index in [9.17, 15) is 14.0 Å². The number of benzene rings is 2. The van der Waals surface area contributed by atoms with Crippen molar-refractivity contribution in [3.63, 3.8) is 0 Å². The molecule has 0 spiro atoms. The molecule has 0 bridgehead atoms. The van der Waals surface area contributed by atoms with E-state index in [0.717, 1.165) is 5.56 Å². The maximum atomic E-state index is 13.6. The average molecular weight is 301 g/mol. The van der Waals surface area contributed by atoms with E-state index in [-0.39, 0.29) is 5.56 Å². The van der Waals surface area contributed by atoms with Crippen molar-refractivity contribution < 1.29 is 14.0 Å². The lowest BCUT2D eigenvalue weighted by molar-refractivity contribution is 0.0953. The van der Waals surface area contributed by atoms with Gasteiger partial charge in [0, 0.05) is 11.3 Å². The molecule has 0 saturated heterocycles. The summed E-state index contributed by atoms with van der Waals surface area (Å²) in [6.07, 6.45) is 0.596. The summed E-state index contributed by atoms with van der Waals surface area (Å²) in [6, 6.07) is 10.5. The van der Waals surface area contributed by atoms with Crippen LogP contribution in [0.2, 0.25) is 0 Å². The van der Waals surface area contributed by atoms with Crippen LogP contribution in [0, 0.1) is 5.82 Å². The Kier molecular flexibility index (Phi) is 4.85. The Morgan fingerprint density at radius 2 is 1.86 bits per heavy atom. The molecule has 0 aromatic heterocycles. The third-order valence-electron chi connectivity index (χ3n) is 3.25. The fourth-order valence-corrected chi connectivity index (χ4v) is 2.07. The van der Waals surface area contributed by atoms with Gasteiger partial charge in [-0.15, -0.1) is 0 Å². The highest BCUT2D eigenvalue weighted by atomic mass is 19.1. The summed E-state index contributed by atoms with van der Waals surface area (Å²) in [5.74, 6) is 3.56. The molecule has 0 fully saturated rings. The molecule has 0 saturated carbocycles. The van der Waals surface area contributed by atoms with Crippen LogP contribution in [0.3, 0.4) is 0 Å². The van der Waals surface area contributed by atoms with Gasteiger partial charge in [0.05, 0.1) is 5.56 Å². The van der Waals surface area contributed by atoms with Crippen molar-refractivity contribution in [3.05, 3.63) is 65.0 Å². The molecule has 0 radical (unpaired) electrons. The lowest BCUT2D eigenvalue weighted by atomic mass is 10.1. The minimum absolute atomic E-state index is 0.0340. The Labute approximate surface area is 127 Å². The van der Waals surface area contributed by atoms with E-state index in [0.29, 0.717) is 17.7 Å². The smallest absolute Gasteiger partial charge is 0.265 e. The molecular formula is C16H16FN3O2. The highest BCUT2D eigenvalue weighted by Crippen LogP contribution is 2.20. The molecule has 2 aromatic carbocycles. The molecule has 6 heteroatoms. The topological polar surface area (TPSA) is 84.2 Å². The van der Waals surface area contributed by atoms with Gasteiger partial charge in [0.15, 0.2) is 0 Å². The molecule has 0 unspecified atom stereocenters. The highest BCUT2D eigenvalue weighted by Gasteiger charge is 2.14. The first-order chi connectivity index (χ1) is 10.6. The summed E-state index contributed by atoms with van der Waals surface area (Å²) in [6.45, 7) is 1.89. The largest absolute Gasteiger partial charge is 0.322 e. The molecule has 0 heterocycles. The van der Waals surface area contributed by atoms with Crippen LogP contribution in [0.1, 0.15) is 33.2 Å². The maximum Gasteiger partial charge on any atom is 0.265 e. The number of nitrogens with two attached hydrogens (primary N) is 1. The first-order valence-corrected chi connectivity index (χ1v) is 6.76. The van der Waals surface area contributed by atoms with Crippen molar-refractivity contribution in [1.29, 1.82) is 0 Å². The van der Waals surface area contributed by atoms with Crippen LogP contribution in [0.4, 0.5) is 10.1 Å². The zero-order valence-corrected chi connectivity index (χ0v) is 12.0. The third kappa shape index (κ3) is 3.29. The van der Waals surface area contributed by atoms with E-state index in [2.05, 4.69) is 10.7 Å². The number of hydrogen-bond donors (Lipinski definition) is 3. The van der Waals surface area contributed by atoms with Gasteiger partial charge >= 0.3 is 0 Å². The van der Waals surface area contributed by atoms with Gasteiger partial charge < -0.3 is 5.32 Å². The summed E-state index contributed by atoms with van der Waals surface area (Å²) in [5.41, 5.74) is 3.70. The van der Waals surface area contributed by atoms with Crippen molar-refractivity contribution in [2.75, 3.05) is 5.32 Å². The Hall–Kier alpha value is -2.73. The number of rotatable bonds is 4. The van der Waals surface area contributed by atoms with Crippen LogP contribution < -0.4 is 16.6 Å². The molecule has 114 valence electrons. The van der Waals surface area contributed by atoms with Crippen LogP contribution in [-0.4, -0.2) is 11.8 Å².